The molecule has 0 aliphatic heterocycles. The molecule has 0 saturated carbocycles. The van der Waals surface area contributed by atoms with E-state index in [4.69, 9.17) is 10.5 Å². The van der Waals surface area contributed by atoms with Crippen LogP contribution in [0.4, 0.5) is 21.7 Å². The van der Waals surface area contributed by atoms with Crippen LogP contribution in [0.25, 0.3) is 0 Å². The molecule has 9 heteroatoms. The molecule has 2 heterocycles. The summed E-state index contributed by atoms with van der Waals surface area (Å²) in [5.41, 5.74) is 6.76. The fourth-order valence-corrected chi connectivity index (χ4v) is 2.22. The Kier molecular flexibility index (Phi) is 4.88. The number of carbonyl (C=O) groups is 1. The summed E-state index contributed by atoms with van der Waals surface area (Å²) in [7, 11) is 1.37. The van der Waals surface area contributed by atoms with E-state index in [9.17, 15) is 9.18 Å². The van der Waals surface area contributed by atoms with Crippen LogP contribution >= 0.6 is 0 Å². The van der Waals surface area contributed by atoms with Crippen LogP contribution in [0.2, 0.25) is 0 Å². The molecule has 0 fully saturated rings. The standard InChI is InChI=1S/C17H15FN6O2/c1-26-13-7-10(4-5-12(13)18)8-21-16-14(15(19)25)17(24-23-16)22-11-3-2-6-20-9-11/h2-9H,1H3,(H2,19,25)(H2,22,23,24)/b21-8+. The summed E-state index contributed by atoms with van der Waals surface area (Å²) in [6, 6.07) is 7.77. The number of primary amides is 1. The molecule has 0 saturated heterocycles. The fraction of sp³-hybridized carbons (Fsp3) is 0.0588. The van der Waals surface area contributed by atoms with Gasteiger partial charge in [0.05, 0.1) is 19.0 Å². The van der Waals surface area contributed by atoms with Crippen LogP contribution in [0.15, 0.2) is 47.7 Å². The average molecular weight is 354 g/mol. The Morgan fingerprint density at radius 3 is 2.96 bits per heavy atom. The van der Waals surface area contributed by atoms with Crippen LogP contribution in [-0.4, -0.2) is 34.4 Å². The molecule has 0 bridgehead atoms. The summed E-state index contributed by atoms with van der Waals surface area (Å²) in [5, 5.41) is 9.63. The van der Waals surface area contributed by atoms with Gasteiger partial charge in [-0.05, 0) is 29.8 Å². The number of amides is 1. The van der Waals surface area contributed by atoms with E-state index in [0.29, 0.717) is 11.3 Å². The molecular weight excluding hydrogens is 339 g/mol. The Bertz CT molecular complexity index is 955. The number of pyridine rings is 1. The number of nitrogens with one attached hydrogen (secondary N) is 2. The highest BCUT2D eigenvalue weighted by atomic mass is 19.1. The Labute approximate surface area is 147 Å². The molecule has 0 aliphatic carbocycles. The van der Waals surface area contributed by atoms with Crippen molar-refractivity contribution in [1.82, 2.24) is 15.2 Å². The topological polar surface area (TPSA) is 118 Å². The van der Waals surface area contributed by atoms with Crippen molar-refractivity contribution >= 4 is 29.4 Å². The Morgan fingerprint density at radius 1 is 1.42 bits per heavy atom. The van der Waals surface area contributed by atoms with E-state index in [2.05, 4.69) is 25.5 Å². The lowest BCUT2D eigenvalue weighted by molar-refractivity contribution is 0.100. The highest BCUT2D eigenvalue weighted by Gasteiger charge is 2.18. The fourth-order valence-electron chi connectivity index (χ4n) is 2.22. The Balaban J connectivity index is 1.89. The maximum atomic E-state index is 13.5. The molecule has 0 spiro atoms. The number of hydrogen-bond acceptors (Lipinski definition) is 6. The normalized spacial score (nSPS) is 10.8. The SMILES string of the molecule is COc1cc(/C=N/c2[nH]nc(Nc3cccnc3)c2C(N)=O)ccc1F. The molecule has 2 aromatic heterocycles. The number of nitrogens with two attached hydrogens (primary N) is 1. The number of carbonyl (C=O) groups excluding carboxylic acids is 1. The first-order valence-electron chi connectivity index (χ1n) is 7.51. The molecule has 1 amide bonds. The number of aromatic amines is 1. The minimum Gasteiger partial charge on any atom is -0.494 e. The van der Waals surface area contributed by atoms with Crippen molar-refractivity contribution in [2.45, 2.75) is 0 Å². The van der Waals surface area contributed by atoms with Gasteiger partial charge in [0.1, 0.15) is 5.56 Å². The van der Waals surface area contributed by atoms with Gasteiger partial charge in [-0.2, -0.15) is 5.10 Å². The average Bonchev–Trinajstić information content (AvgIpc) is 3.04. The predicted molar refractivity (Wildman–Crippen MR) is 94.8 cm³/mol. The molecule has 0 unspecified atom stereocenters. The van der Waals surface area contributed by atoms with Crippen LogP contribution in [0.5, 0.6) is 5.75 Å². The van der Waals surface area contributed by atoms with E-state index in [1.54, 1.807) is 24.5 Å². The lowest BCUT2D eigenvalue weighted by atomic mass is 10.2. The maximum Gasteiger partial charge on any atom is 0.256 e. The zero-order chi connectivity index (χ0) is 18.5. The van der Waals surface area contributed by atoms with Crippen LogP contribution in [-0.2, 0) is 0 Å². The molecule has 0 atom stereocenters. The van der Waals surface area contributed by atoms with Crippen molar-refractivity contribution in [1.29, 1.82) is 0 Å². The maximum absolute atomic E-state index is 13.5. The highest BCUT2D eigenvalue weighted by molar-refractivity contribution is 6.03. The van der Waals surface area contributed by atoms with Gasteiger partial charge < -0.3 is 15.8 Å². The third kappa shape index (κ3) is 3.66. The molecule has 26 heavy (non-hydrogen) atoms. The van der Waals surface area contributed by atoms with Crippen LogP contribution in [0, 0.1) is 5.82 Å². The number of aromatic nitrogens is 3. The van der Waals surface area contributed by atoms with Crippen LogP contribution < -0.4 is 15.8 Å². The number of H-pyrrole nitrogens is 1. The molecular formula is C17H15FN6O2. The number of anilines is 2. The smallest absolute Gasteiger partial charge is 0.256 e. The van der Waals surface area contributed by atoms with Gasteiger partial charge in [-0.15, -0.1) is 0 Å². The van der Waals surface area contributed by atoms with Gasteiger partial charge in [-0.1, -0.05) is 6.07 Å². The zero-order valence-electron chi connectivity index (χ0n) is 13.7. The van der Waals surface area contributed by atoms with Crippen molar-refractivity contribution in [3.8, 4) is 5.75 Å². The van der Waals surface area contributed by atoms with Crippen molar-refractivity contribution in [3.05, 3.63) is 59.7 Å². The number of ether oxygens (including phenoxy) is 1. The van der Waals surface area contributed by atoms with Crippen molar-refractivity contribution in [2.75, 3.05) is 12.4 Å². The van der Waals surface area contributed by atoms with Gasteiger partial charge in [0.2, 0.25) is 0 Å². The van der Waals surface area contributed by atoms with Gasteiger partial charge in [0.15, 0.2) is 23.2 Å². The summed E-state index contributed by atoms with van der Waals surface area (Å²) in [5.74, 6) is -0.685. The molecule has 0 radical (unpaired) electrons. The number of methoxy groups -OCH3 is 1. The third-order valence-corrected chi connectivity index (χ3v) is 3.44. The van der Waals surface area contributed by atoms with Gasteiger partial charge in [0, 0.05) is 12.4 Å². The van der Waals surface area contributed by atoms with E-state index in [1.165, 1.54) is 31.5 Å². The molecule has 3 aromatic rings. The van der Waals surface area contributed by atoms with Gasteiger partial charge >= 0.3 is 0 Å². The van der Waals surface area contributed by atoms with Gasteiger partial charge in [-0.3, -0.25) is 14.9 Å². The summed E-state index contributed by atoms with van der Waals surface area (Å²) >= 11 is 0. The van der Waals surface area contributed by atoms with Crippen molar-refractivity contribution < 1.29 is 13.9 Å². The van der Waals surface area contributed by atoms with Crippen molar-refractivity contribution in [3.63, 3.8) is 0 Å². The molecule has 8 nitrogen and oxygen atoms in total. The van der Waals surface area contributed by atoms with Crippen LogP contribution in [0.1, 0.15) is 15.9 Å². The third-order valence-electron chi connectivity index (χ3n) is 3.44. The molecule has 1 aromatic carbocycles. The Morgan fingerprint density at radius 2 is 2.27 bits per heavy atom. The number of aliphatic imine (C=N–C) groups is 1. The molecule has 0 aliphatic rings. The predicted octanol–water partition coefficient (Wildman–Crippen LogP) is 2.55. The monoisotopic (exact) mass is 354 g/mol. The first-order chi connectivity index (χ1) is 12.6. The largest absolute Gasteiger partial charge is 0.494 e. The summed E-state index contributed by atoms with van der Waals surface area (Å²) in [6.45, 7) is 0. The van der Waals surface area contributed by atoms with Crippen molar-refractivity contribution in [2.24, 2.45) is 10.7 Å². The van der Waals surface area contributed by atoms with Gasteiger partial charge in [-0.25, -0.2) is 9.38 Å². The molecule has 132 valence electrons. The lowest BCUT2D eigenvalue weighted by Crippen LogP contribution is -2.12. The second-order valence-electron chi connectivity index (χ2n) is 5.18. The number of nitrogens with zero attached hydrogens (tertiary/aromatic N) is 3. The lowest BCUT2D eigenvalue weighted by Gasteiger charge is -2.03. The summed E-state index contributed by atoms with van der Waals surface area (Å²) < 4.78 is 18.4. The summed E-state index contributed by atoms with van der Waals surface area (Å²) in [4.78, 5) is 20.0. The Hall–Kier alpha value is -3.75. The highest BCUT2D eigenvalue weighted by Crippen LogP contribution is 2.26. The number of benzene rings is 1. The minimum absolute atomic E-state index is 0.0904. The second-order valence-corrected chi connectivity index (χ2v) is 5.18. The van der Waals surface area contributed by atoms with E-state index < -0.39 is 11.7 Å². The second kappa shape index (κ2) is 7.43. The first kappa shape index (κ1) is 17.1. The zero-order valence-corrected chi connectivity index (χ0v) is 13.7. The van der Waals surface area contributed by atoms with E-state index in [1.807, 2.05) is 0 Å². The van der Waals surface area contributed by atoms with E-state index in [-0.39, 0.29) is 22.9 Å². The van der Waals surface area contributed by atoms with E-state index in [0.717, 1.165) is 0 Å². The quantitative estimate of drug-likeness (QED) is 0.588. The van der Waals surface area contributed by atoms with Gasteiger partial charge in [0.25, 0.3) is 5.91 Å². The first-order valence-corrected chi connectivity index (χ1v) is 7.51. The van der Waals surface area contributed by atoms with E-state index >= 15 is 0 Å². The molecule has 3 rings (SSSR count). The summed E-state index contributed by atoms with van der Waals surface area (Å²) in [6.07, 6.45) is 4.64. The minimum atomic E-state index is -0.700. The number of halogens is 1. The number of rotatable bonds is 6. The molecule has 4 N–H and O–H groups in total. The number of hydrogen-bond donors (Lipinski definition) is 3. The van der Waals surface area contributed by atoms with Crippen LogP contribution in [0.3, 0.4) is 0 Å².